The van der Waals surface area contributed by atoms with Crippen LogP contribution in [0.25, 0.3) is 10.9 Å². The lowest BCUT2D eigenvalue weighted by molar-refractivity contribution is 0.193. The van der Waals surface area contributed by atoms with E-state index >= 15 is 0 Å². The second-order valence-corrected chi connectivity index (χ2v) is 5.31. The molecule has 1 aromatic carbocycles. The summed E-state index contributed by atoms with van der Waals surface area (Å²) in [5, 5.41) is 13.9. The fourth-order valence-electron chi connectivity index (χ4n) is 1.86. The van der Waals surface area contributed by atoms with Crippen LogP contribution in [0.5, 0.6) is 5.75 Å². The van der Waals surface area contributed by atoms with E-state index in [1.807, 2.05) is 55.5 Å². The second kappa shape index (κ2) is 4.75. The molecule has 0 bridgehead atoms. The van der Waals surface area contributed by atoms with Crippen LogP contribution in [0, 0.1) is 10.6 Å². The Morgan fingerprint density at radius 1 is 1.50 bits per heavy atom. The molecule has 1 aromatic heterocycles. The van der Waals surface area contributed by atoms with E-state index < -0.39 is 6.09 Å². The van der Waals surface area contributed by atoms with Gasteiger partial charge in [0.25, 0.3) is 0 Å². The van der Waals surface area contributed by atoms with Crippen LogP contribution in [0.2, 0.25) is 0 Å². The SMILES string of the molecule is Cc1cc(OC(C)C)cc2c(I)nn(C(=O)O)c12. The molecule has 0 atom stereocenters. The number of hydrogen-bond acceptors (Lipinski definition) is 3. The van der Waals surface area contributed by atoms with Crippen LogP contribution >= 0.6 is 22.6 Å². The van der Waals surface area contributed by atoms with E-state index in [1.54, 1.807) is 0 Å². The van der Waals surface area contributed by atoms with Gasteiger partial charge in [0.15, 0.2) is 0 Å². The highest BCUT2D eigenvalue weighted by Crippen LogP contribution is 2.29. The van der Waals surface area contributed by atoms with Gasteiger partial charge in [-0.25, -0.2) is 4.79 Å². The molecule has 5 nitrogen and oxygen atoms in total. The molecule has 0 saturated carbocycles. The summed E-state index contributed by atoms with van der Waals surface area (Å²) >= 11 is 2.03. The van der Waals surface area contributed by atoms with Crippen LogP contribution in [0.1, 0.15) is 19.4 Å². The van der Waals surface area contributed by atoms with Crippen molar-refractivity contribution in [2.24, 2.45) is 0 Å². The molecule has 18 heavy (non-hydrogen) atoms. The average Bonchev–Trinajstić information content (AvgIpc) is 2.56. The minimum atomic E-state index is -1.08. The van der Waals surface area contributed by atoms with Gasteiger partial charge in [0.1, 0.15) is 9.45 Å². The summed E-state index contributed by atoms with van der Waals surface area (Å²) in [6, 6.07) is 3.66. The van der Waals surface area contributed by atoms with Crippen LogP contribution in [0.15, 0.2) is 12.1 Å². The first-order chi connectivity index (χ1) is 8.40. The van der Waals surface area contributed by atoms with Gasteiger partial charge in [-0.2, -0.15) is 9.78 Å². The lowest BCUT2D eigenvalue weighted by Crippen LogP contribution is -2.10. The molecule has 6 heteroatoms. The van der Waals surface area contributed by atoms with E-state index in [4.69, 9.17) is 9.84 Å². The number of halogens is 1. The Hall–Kier alpha value is -1.31. The first kappa shape index (κ1) is 13.1. The summed E-state index contributed by atoms with van der Waals surface area (Å²) in [6.45, 7) is 5.75. The van der Waals surface area contributed by atoms with E-state index in [9.17, 15) is 4.79 Å². The molecule has 0 amide bonds. The van der Waals surface area contributed by atoms with E-state index in [2.05, 4.69) is 5.10 Å². The van der Waals surface area contributed by atoms with Crippen molar-refractivity contribution in [3.63, 3.8) is 0 Å². The Balaban J connectivity index is 2.67. The molecule has 0 aliphatic carbocycles. The second-order valence-electron chi connectivity index (χ2n) is 4.29. The molecule has 0 saturated heterocycles. The van der Waals surface area contributed by atoms with Crippen molar-refractivity contribution in [1.29, 1.82) is 0 Å². The molecule has 0 unspecified atom stereocenters. The van der Waals surface area contributed by atoms with E-state index in [0.717, 1.165) is 21.4 Å². The number of rotatable bonds is 2. The predicted octanol–water partition coefficient (Wildman–Crippen LogP) is 3.26. The van der Waals surface area contributed by atoms with Crippen molar-refractivity contribution in [1.82, 2.24) is 9.78 Å². The van der Waals surface area contributed by atoms with Crippen molar-refractivity contribution >= 4 is 39.6 Å². The molecule has 0 spiro atoms. The molecule has 0 aliphatic rings. The van der Waals surface area contributed by atoms with Crippen LogP contribution in [0.3, 0.4) is 0 Å². The normalized spacial score (nSPS) is 11.2. The van der Waals surface area contributed by atoms with Crippen molar-refractivity contribution in [3.05, 3.63) is 21.4 Å². The number of fused-ring (bicyclic) bond motifs is 1. The summed E-state index contributed by atoms with van der Waals surface area (Å²) in [4.78, 5) is 11.1. The highest BCUT2D eigenvalue weighted by Gasteiger charge is 2.16. The van der Waals surface area contributed by atoms with Gasteiger partial charge in [-0.05, 0) is 61.1 Å². The van der Waals surface area contributed by atoms with Gasteiger partial charge in [0.05, 0.1) is 11.6 Å². The molecule has 0 fully saturated rings. The number of nitrogens with zero attached hydrogens (tertiary/aromatic N) is 2. The van der Waals surface area contributed by atoms with Gasteiger partial charge in [-0.1, -0.05) is 0 Å². The zero-order valence-corrected chi connectivity index (χ0v) is 12.4. The number of aryl methyl sites for hydroxylation is 1. The Morgan fingerprint density at radius 3 is 2.72 bits per heavy atom. The number of benzene rings is 1. The Morgan fingerprint density at radius 2 is 2.17 bits per heavy atom. The summed E-state index contributed by atoms with van der Waals surface area (Å²) in [6.07, 6.45) is -1.00. The summed E-state index contributed by atoms with van der Waals surface area (Å²) in [7, 11) is 0. The number of ether oxygens (including phenoxy) is 1. The molecule has 2 aromatic rings. The number of carbonyl (C=O) groups is 1. The van der Waals surface area contributed by atoms with Crippen LogP contribution in [-0.2, 0) is 0 Å². The van der Waals surface area contributed by atoms with Gasteiger partial charge < -0.3 is 9.84 Å². The maximum Gasteiger partial charge on any atom is 0.432 e. The van der Waals surface area contributed by atoms with Gasteiger partial charge >= 0.3 is 6.09 Å². The molecular weight excluding hydrogens is 347 g/mol. The van der Waals surface area contributed by atoms with Crippen molar-refractivity contribution in [3.8, 4) is 5.75 Å². The zero-order chi connectivity index (χ0) is 13.4. The predicted molar refractivity (Wildman–Crippen MR) is 76.4 cm³/mol. The van der Waals surface area contributed by atoms with E-state index in [-0.39, 0.29) is 6.10 Å². The van der Waals surface area contributed by atoms with Crippen molar-refractivity contribution in [2.75, 3.05) is 0 Å². The first-order valence-electron chi connectivity index (χ1n) is 5.49. The maximum absolute atomic E-state index is 11.1. The highest BCUT2D eigenvalue weighted by molar-refractivity contribution is 14.1. The van der Waals surface area contributed by atoms with Gasteiger partial charge in [-0.15, -0.1) is 0 Å². The van der Waals surface area contributed by atoms with Crippen molar-refractivity contribution in [2.45, 2.75) is 26.9 Å². The van der Waals surface area contributed by atoms with Crippen LogP contribution < -0.4 is 4.74 Å². The fourth-order valence-corrected chi connectivity index (χ4v) is 2.48. The van der Waals surface area contributed by atoms with Gasteiger partial charge in [0, 0.05) is 5.39 Å². The van der Waals surface area contributed by atoms with E-state index in [0.29, 0.717) is 9.22 Å². The topological polar surface area (TPSA) is 64.4 Å². The number of hydrogen-bond donors (Lipinski definition) is 1. The Kier molecular flexibility index (Phi) is 3.47. The minimum Gasteiger partial charge on any atom is -0.491 e. The fraction of sp³-hybridized carbons (Fsp3) is 0.333. The summed E-state index contributed by atoms with van der Waals surface area (Å²) in [5.41, 5.74) is 1.45. The highest BCUT2D eigenvalue weighted by atomic mass is 127. The third-order valence-electron chi connectivity index (χ3n) is 2.45. The Bertz CT molecular complexity index is 619. The smallest absolute Gasteiger partial charge is 0.432 e. The summed E-state index contributed by atoms with van der Waals surface area (Å²) in [5.74, 6) is 0.734. The average molecular weight is 360 g/mol. The third-order valence-corrected chi connectivity index (χ3v) is 3.25. The van der Waals surface area contributed by atoms with Gasteiger partial charge in [0.2, 0.25) is 0 Å². The lowest BCUT2D eigenvalue weighted by Gasteiger charge is -2.11. The lowest BCUT2D eigenvalue weighted by atomic mass is 10.1. The summed E-state index contributed by atoms with van der Waals surface area (Å²) < 4.78 is 7.30. The minimum absolute atomic E-state index is 0.0778. The number of aromatic nitrogens is 2. The largest absolute Gasteiger partial charge is 0.491 e. The molecule has 1 N–H and O–H groups in total. The molecule has 1 heterocycles. The monoisotopic (exact) mass is 360 g/mol. The van der Waals surface area contributed by atoms with E-state index in [1.165, 1.54) is 0 Å². The van der Waals surface area contributed by atoms with Gasteiger partial charge in [-0.3, -0.25) is 0 Å². The van der Waals surface area contributed by atoms with Crippen LogP contribution in [0.4, 0.5) is 4.79 Å². The maximum atomic E-state index is 11.1. The van der Waals surface area contributed by atoms with Crippen LogP contribution in [-0.4, -0.2) is 27.1 Å². The quantitative estimate of drug-likeness (QED) is 0.835. The molecule has 0 aliphatic heterocycles. The Labute approximate surface area is 118 Å². The standard InChI is InChI=1S/C12H13IN2O3/c1-6(2)18-8-4-7(3)10-9(5-8)11(13)14-15(10)12(16)17/h4-6H,1-3H3,(H,16,17). The molecule has 0 radical (unpaired) electrons. The number of carboxylic acid groups (broad SMARTS) is 1. The third kappa shape index (κ3) is 2.29. The zero-order valence-electron chi connectivity index (χ0n) is 10.3. The van der Waals surface area contributed by atoms with Crippen molar-refractivity contribution < 1.29 is 14.6 Å². The molecule has 2 rings (SSSR count). The first-order valence-corrected chi connectivity index (χ1v) is 6.57. The molecule has 96 valence electrons. The molecular formula is C12H13IN2O3.